The summed E-state index contributed by atoms with van der Waals surface area (Å²) in [5.41, 5.74) is 0.639. The molecule has 6 heteroatoms. The highest BCUT2D eigenvalue weighted by Crippen LogP contribution is 2.35. The molecule has 0 saturated carbocycles. The van der Waals surface area contributed by atoms with Gasteiger partial charge in [-0.15, -0.1) is 0 Å². The summed E-state index contributed by atoms with van der Waals surface area (Å²) in [5.74, 6) is -0.312. The second kappa shape index (κ2) is 4.96. The number of aromatic nitrogens is 1. The van der Waals surface area contributed by atoms with Gasteiger partial charge in [0, 0.05) is 0 Å². The number of aromatic hydroxyl groups is 1. The number of phenols is 1. The summed E-state index contributed by atoms with van der Waals surface area (Å²) in [6.07, 6.45) is 0. The lowest BCUT2D eigenvalue weighted by Crippen LogP contribution is -2.02. The van der Waals surface area contributed by atoms with E-state index < -0.39 is 0 Å². The summed E-state index contributed by atoms with van der Waals surface area (Å²) >= 11 is 9.91. The number of halogens is 3. The maximum Gasteiger partial charge on any atom is 0.214 e. The van der Waals surface area contributed by atoms with Gasteiger partial charge in [0.05, 0.1) is 19.1 Å². The van der Waals surface area contributed by atoms with Crippen molar-refractivity contribution in [3.05, 3.63) is 49.1 Å². The molecule has 1 aromatic heterocycles. The molecule has 0 spiro atoms. The summed E-state index contributed by atoms with van der Waals surface area (Å²) in [5, 5.41) is 9.64. The molecule has 0 amide bonds. The summed E-state index contributed by atoms with van der Waals surface area (Å²) < 4.78 is 2.03. The fourth-order valence-electron chi connectivity index (χ4n) is 1.38. The van der Waals surface area contributed by atoms with Gasteiger partial charge >= 0.3 is 0 Å². The Hall–Kier alpha value is -0.590. The van der Waals surface area contributed by atoms with Crippen molar-refractivity contribution in [2.75, 3.05) is 0 Å². The summed E-state index contributed by atoms with van der Waals surface area (Å²) in [7, 11) is 0. The molecule has 1 aromatic carbocycles. The smallest absolute Gasteiger partial charge is 0.214 e. The maximum atomic E-state index is 12.2. The molecular formula is C11H6Br3NO2. The van der Waals surface area contributed by atoms with Gasteiger partial charge in [-0.05, 0) is 59.9 Å². The molecule has 88 valence electrons. The Labute approximate surface area is 123 Å². The first-order chi connectivity index (χ1) is 8.02. The minimum absolute atomic E-state index is 0.0359. The zero-order valence-electron chi connectivity index (χ0n) is 8.30. The van der Waals surface area contributed by atoms with Crippen molar-refractivity contribution >= 4 is 53.6 Å². The molecule has 0 aliphatic heterocycles. The summed E-state index contributed by atoms with van der Waals surface area (Å²) in [6, 6.07) is 6.43. The summed E-state index contributed by atoms with van der Waals surface area (Å²) in [4.78, 5) is 15.1. The Morgan fingerprint density at radius 1 is 1.12 bits per heavy atom. The Morgan fingerprint density at radius 2 is 1.76 bits per heavy atom. The Bertz CT molecular complexity index is 592. The third-order valence-electron chi connectivity index (χ3n) is 2.22. The van der Waals surface area contributed by atoms with E-state index in [1.54, 1.807) is 18.2 Å². The average Bonchev–Trinajstić information content (AvgIpc) is 2.57. The number of H-pyrrole nitrogens is 1. The number of phenolic OH excluding ortho intramolecular Hbond substituents is 1. The Kier molecular flexibility index (Phi) is 3.75. The highest BCUT2D eigenvalue weighted by molar-refractivity contribution is 9.14. The molecule has 0 atom stereocenters. The van der Waals surface area contributed by atoms with Gasteiger partial charge in [0.2, 0.25) is 5.78 Å². The molecule has 17 heavy (non-hydrogen) atoms. The van der Waals surface area contributed by atoms with Crippen molar-refractivity contribution < 1.29 is 9.90 Å². The quantitative estimate of drug-likeness (QED) is 0.710. The Balaban J connectivity index is 2.52. The van der Waals surface area contributed by atoms with Crippen LogP contribution >= 0.6 is 47.8 Å². The first-order valence-electron chi connectivity index (χ1n) is 4.57. The molecule has 2 N–H and O–H groups in total. The third-order valence-corrected chi connectivity index (χ3v) is 5.46. The average molecular weight is 424 g/mol. The van der Waals surface area contributed by atoms with Gasteiger partial charge in [0.1, 0.15) is 11.4 Å². The van der Waals surface area contributed by atoms with E-state index >= 15 is 0 Å². The van der Waals surface area contributed by atoms with Crippen molar-refractivity contribution in [3.63, 3.8) is 0 Å². The van der Waals surface area contributed by atoms with Crippen LogP contribution < -0.4 is 0 Å². The van der Waals surface area contributed by atoms with Gasteiger partial charge in [0.25, 0.3) is 0 Å². The topological polar surface area (TPSA) is 53.1 Å². The minimum Gasteiger partial charge on any atom is -0.507 e. The molecule has 0 saturated heterocycles. The van der Waals surface area contributed by atoms with Crippen LogP contribution in [0.15, 0.2) is 37.8 Å². The van der Waals surface area contributed by atoms with Crippen LogP contribution in [-0.4, -0.2) is 15.9 Å². The maximum absolute atomic E-state index is 12.2. The normalized spacial score (nSPS) is 10.5. The highest BCUT2D eigenvalue weighted by atomic mass is 79.9. The molecule has 2 rings (SSSR count). The lowest BCUT2D eigenvalue weighted by molar-refractivity contribution is 0.103. The lowest BCUT2D eigenvalue weighted by Gasteiger charge is -2.02. The van der Waals surface area contributed by atoms with Gasteiger partial charge in [-0.2, -0.15) is 0 Å². The molecule has 0 aliphatic carbocycles. The SMILES string of the molecule is O=C(c1ccccc1O)c1[nH]c(Br)c(Br)c1Br. The van der Waals surface area contributed by atoms with Crippen molar-refractivity contribution in [2.45, 2.75) is 0 Å². The molecule has 0 aliphatic rings. The number of para-hydroxylation sites is 1. The van der Waals surface area contributed by atoms with E-state index in [0.717, 1.165) is 4.47 Å². The molecule has 0 radical (unpaired) electrons. The predicted octanol–water partition coefficient (Wildman–Crippen LogP) is 4.24. The standard InChI is InChI=1S/C11H6Br3NO2/c12-7-8(13)11(14)15-9(7)10(17)5-3-1-2-4-6(5)16/h1-4,15-16H. The monoisotopic (exact) mass is 421 g/mol. The number of nitrogens with one attached hydrogen (secondary N) is 1. The van der Waals surface area contributed by atoms with Gasteiger partial charge < -0.3 is 10.1 Å². The number of benzene rings is 1. The van der Waals surface area contributed by atoms with Gasteiger partial charge in [-0.25, -0.2) is 0 Å². The van der Waals surface area contributed by atoms with Crippen LogP contribution in [0.4, 0.5) is 0 Å². The van der Waals surface area contributed by atoms with E-state index in [4.69, 9.17) is 0 Å². The van der Waals surface area contributed by atoms with Crippen LogP contribution in [0.3, 0.4) is 0 Å². The number of rotatable bonds is 2. The van der Waals surface area contributed by atoms with Crippen LogP contribution in [0, 0.1) is 0 Å². The highest BCUT2D eigenvalue weighted by Gasteiger charge is 2.21. The number of carbonyl (C=O) groups is 1. The van der Waals surface area contributed by atoms with Crippen LogP contribution in [-0.2, 0) is 0 Å². The molecule has 1 heterocycles. The van der Waals surface area contributed by atoms with Crippen molar-refractivity contribution in [2.24, 2.45) is 0 Å². The number of carbonyl (C=O) groups excluding carboxylic acids is 1. The fraction of sp³-hybridized carbons (Fsp3) is 0. The largest absolute Gasteiger partial charge is 0.507 e. The zero-order chi connectivity index (χ0) is 12.6. The van der Waals surface area contributed by atoms with E-state index in [0.29, 0.717) is 14.8 Å². The second-order valence-corrected chi connectivity index (χ2v) is 5.67. The van der Waals surface area contributed by atoms with Gasteiger partial charge in [0.15, 0.2) is 0 Å². The van der Waals surface area contributed by atoms with Crippen molar-refractivity contribution in [1.29, 1.82) is 0 Å². The number of ketones is 1. The number of hydrogen-bond donors (Lipinski definition) is 2. The third kappa shape index (κ3) is 2.34. The van der Waals surface area contributed by atoms with Crippen LogP contribution in [0.2, 0.25) is 0 Å². The van der Waals surface area contributed by atoms with Gasteiger partial charge in [-0.3, -0.25) is 4.79 Å². The van der Waals surface area contributed by atoms with E-state index in [-0.39, 0.29) is 17.1 Å². The Morgan fingerprint density at radius 3 is 2.29 bits per heavy atom. The van der Waals surface area contributed by atoms with Gasteiger partial charge in [-0.1, -0.05) is 12.1 Å². The lowest BCUT2D eigenvalue weighted by atomic mass is 10.1. The number of hydrogen-bond acceptors (Lipinski definition) is 2. The first-order valence-corrected chi connectivity index (χ1v) is 6.95. The number of aromatic amines is 1. The predicted molar refractivity (Wildman–Crippen MR) is 75.4 cm³/mol. The van der Waals surface area contributed by atoms with E-state index in [9.17, 15) is 9.90 Å². The van der Waals surface area contributed by atoms with E-state index in [2.05, 4.69) is 52.8 Å². The van der Waals surface area contributed by atoms with Crippen LogP contribution in [0.1, 0.15) is 16.1 Å². The van der Waals surface area contributed by atoms with E-state index in [1.165, 1.54) is 6.07 Å². The van der Waals surface area contributed by atoms with Crippen LogP contribution in [0.5, 0.6) is 5.75 Å². The zero-order valence-corrected chi connectivity index (χ0v) is 13.1. The molecular weight excluding hydrogens is 418 g/mol. The van der Waals surface area contributed by atoms with Crippen LogP contribution in [0.25, 0.3) is 0 Å². The first kappa shape index (κ1) is 12.9. The minimum atomic E-state index is -0.277. The summed E-state index contributed by atoms with van der Waals surface area (Å²) in [6.45, 7) is 0. The molecule has 3 nitrogen and oxygen atoms in total. The molecule has 0 unspecified atom stereocenters. The van der Waals surface area contributed by atoms with Crippen molar-refractivity contribution in [1.82, 2.24) is 4.98 Å². The second-order valence-electron chi connectivity index (χ2n) is 3.29. The van der Waals surface area contributed by atoms with Crippen molar-refractivity contribution in [3.8, 4) is 5.75 Å². The molecule has 0 fully saturated rings. The molecule has 0 bridgehead atoms. The molecule has 2 aromatic rings. The van der Waals surface area contributed by atoms with E-state index in [1.807, 2.05) is 0 Å². The fourth-order valence-corrected chi connectivity index (χ4v) is 2.82.